The summed E-state index contributed by atoms with van der Waals surface area (Å²) in [7, 11) is 3.33. The van der Waals surface area contributed by atoms with Gasteiger partial charge in [-0.3, -0.25) is 0 Å². The zero-order valence-corrected chi connectivity index (χ0v) is 13.0. The maximum atomic E-state index is 11.0. The number of hydrogen-bond acceptors (Lipinski definition) is 3. The van der Waals surface area contributed by atoms with Crippen LogP contribution in [0.15, 0.2) is 18.2 Å². The Labute approximate surface area is 126 Å². The van der Waals surface area contributed by atoms with Gasteiger partial charge in [0.15, 0.2) is 11.5 Å². The lowest BCUT2D eigenvalue weighted by Crippen LogP contribution is -2.91. The van der Waals surface area contributed by atoms with Crippen LogP contribution in [0.25, 0.3) is 0 Å². The third-order valence-electron chi connectivity index (χ3n) is 5.29. The summed E-state index contributed by atoms with van der Waals surface area (Å²) in [4.78, 5) is 0. The van der Waals surface area contributed by atoms with Crippen LogP contribution in [0, 0.1) is 5.92 Å². The molecule has 1 aromatic rings. The standard InChI is InChI=1S/C17H25NO3/c1-20-14-7-6-12(11-15(14)21-2)16-13-5-3-4-8-17(13,19)9-10-18-16/h6-7,11,13,16,18-19H,3-5,8-10H2,1-2H3/p+1/t13-,16+,17+/m1/s1. The Hall–Kier alpha value is -1.26. The smallest absolute Gasteiger partial charge is 0.161 e. The van der Waals surface area contributed by atoms with Crippen molar-refractivity contribution in [1.29, 1.82) is 0 Å². The number of ether oxygens (including phenoxy) is 2. The van der Waals surface area contributed by atoms with Crippen molar-refractivity contribution in [3.63, 3.8) is 0 Å². The van der Waals surface area contributed by atoms with E-state index < -0.39 is 5.60 Å². The van der Waals surface area contributed by atoms with Gasteiger partial charge in [0.1, 0.15) is 6.04 Å². The predicted octanol–water partition coefficient (Wildman–Crippen LogP) is 1.63. The lowest BCUT2D eigenvalue weighted by atomic mass is 9.67. The van der Waals surface area contributed by atoms with Crippen molar-refractivity contribution < 1.29 is 19.9 Å². The highest BCUT2D eigenvalue weighted by atomic mass is 16.5. The normalized spacial score (nSPS) is 32.3. The first kappa shape index (κ1) is 14.7. The number of rotatable bonds is 3. The molecule has 21 heavy (non-hydrogen) atoms. The van der Waals surface area contributed by atoms with E-state index in [1.807, 2.05) is 6.07 Å². The van der Waals surface area contributed by atoms with Gasteiger partial charge >= 0.3 is 0 Å². The monoisotopic (exact) mass is 292 g/mol. The Balaban J connectivity index is 1.91. The van der Waals surface area contributed by atoms with Gasteiger partial charge < -0.3 is 19.9 Å². The first-order chi connectivity index (χ1) is 10.2. The quantitative estimate of drug-likeness (QED) is 0.890. The van der Waals surface area contributed by atoms with E-state index in [1.54, 1.807) is 14.2 Å². The zero-order chi connectivity index (χ0) is 14.9. The largest absolute Gasteiger partial charge is 0.493 e. The van der Waals surface area contributed by atoms with Crippen LogP contribution >= 0.6 is 0 Å². The molecule has 3 atom stereocenters. The van der Waals surface area contributed by atoms with E-state index in [0.29, 0.717) is 12.0 Å². The Morgan fingerprint density at radius 1 is 1.14 bits per heavy atom. The molecule has 2 fully saturated rings. The number of aliphatic hydroxyl groups is 1. The SMILES string of the molecule is COc1ccc([C@@H]2[NH2+]CC[C@@]3(O)CCCC[C@H]23)cc1OC. The van der Waals surface area contributed by atoms with Crippen molar-refractivity contribution in [2.75, 3.05) is 20.8 Å². The van der Waals surface area contributed by atoms with E-state index in [0.717, 1.165) is 43.7 Å². The number of benzene rings is 1. The molecule has 0 bridgehead atoms. The lowest BCUT2D eigenvalue weighted by molar-refractivity contribution is -0.719. The van der Waals surface area contributed by atoms with Gasteiger partial charge in [-0.15, -0.1) is 0 Å². The zero-order valence-electron chi connectivity index (χ0n) is 13.0. The highest BCUT2D eigenvalue weighted by Gasteiger charge is 2.48. The fraction of sp³-hybridized carbons (Fsp3) is 0.647. The minimum Gasteiger partial charge on any atom is -0.493 e. The average Bonchev–Trinajstić information content (AvgIpc) is 2.53. The van der Waals surface area contributed by atoms with Crippen LogP contribution in [0.4, 0.5) is 0 Å². The average molecular weight is 292 g/mol. The molecule has 0 unspecified atom stereocenters. The van der Waals surface area contributed by atoms with E-state index in [4.69, 9.17) is 9.47 Å². The van der Waals surface area contributed by atoms with Crippen LogP contribution in [0.2, 0.25) is 0 Å². The van der Waals surface area contributed by atoms with Crippen LogP contribution in [-0.4, -0.2) is 31.5 Å². The van der Waals surface area contributed by atoms with Crippen molar-refractivity contribution in [1.82, 2.24) is 0 Å². The van der Waals surface area contributed by atoms with Gasteiger partial charge in [-0.25, -0.2) is 0 Å². The summed E-state index contributed by atoms with van der Waals surface area (Å²) in [5.41, 5.74) is 0.767. The fourth-order valence-electron chi connectivity index (χ4n) is 4.18. The molecule has 0 aromatic heterocycles. The molecule has 116 valence electrons. The van der Waals surface area contributed by atoms with E-state index in [9.17, 15) is 5.11 Å². The summed E-state index contributed by atoms with van der Waals surface area (Å²) in [6.45, 7) is 0.992. The van der Waals surface area contributed by atoms with Crippen molar-refractivity contribution >= 4 is 0 Å². The second-order valence-electron chi connectivity index (χ2n) is 6.37. The fourth-order valence-corrected chi connectivity index (χ4v) is 4.18. The molecule has 2 aliphatic rings. The van der Waals surface area contributed by atoms with Crippen molar-refractivity contribution in [3.8, 4) is 11.5 Å². The summed E-state index contributed by atoms with van der Waals surface area (Å²) in [6, 6.07) is 6.48. The Bertz CT molecular complexity index is 501. The second-order valence-corrected chi connectivity index (χ2v) is 6.37. The van der Waals surface area contributed by atoms with Crippen molar-refractivity contribution in [3.05, 3.63) is 23.8 Å². The molecule has 4 heteroatoms. The Morgan fingerprint density at radius 3 is 2.71 bits per heavy atom. The van der Waals surface area contributed by atoms with Crippen molar-refractivity contribution in [2.45, 2.75) is 43.7 Å². The lowest BCUT2D eigenvalue weighted by Gasteiger charge is -2.46. The number of nitrogens with two attached hydrogens (primary N) is 1. The van der Waals surface area contributed by atoms with Gasteiger partial charge in [-0.1, -0.05) is 12.8 Å². The van der Waals surface area contributed by atoms with Gasteiger partial charge in [-0.2, -0.15) is 0 Å². The summed E-state index contributed by atoms with van der Waals surface area (Å²) in [5, 5.41) is 13.4. The molecule has 1 aromatic carbocycles. The first-order valence-electron chi connectivity index (χ1n) is 7.95. The maximum Gasteiger partial charge on any atom is 0.161 e. The molecule has 0 radical (unpaired) electrons. The Morgan fingerprint density at radius 2 is 1.95 bits per heavy atom. The van der Waals surface area contributed by atoms with Crippen LogP contribution in [-0.2, 0) is 0 Å². The maximum absolute atomic E-state index is 11.0. The topological polar surface area (TPSA) is 55.3 Å². The molecule has 3 N–H and O–H groups in total. The number of hydrogen-bond donors (Lipinski definition) is 2. The summed E-state index contributed by atoms with van der Waals surface area (Å²) >= 11 is 0. The highest BCUT2D eigenvalue weighted by Crippen LogP contribution is 2.44. The Kier molecular flexibility index (Phi) is 4.09. The van der Waals surface area contributed by atoms with Gasteiger partial charge in [0.05, 0.1) is 26.4 Å². The van der Waals surface area contributed by atoms with Gasteiger partial charge in [0.25, 0.3) is 0 Å². The summed E-state index contributed by atoms with van der Waals surface area (Å²) in [5.74, 6) is 1.88. The third-order valence-corrected chi connectivity index (χ3v) is 5.29. The van der Waals surface area contributed by atoms with Crippen LogP contribution in [0.3, 0.4) is 0 Å². The molecule has 1 aliphatic heterocycles. The summed E-state index contributed by atoms with van der Waals surface area (Å²) in [6.07, 6.45) is 5.37. The molecule has 1 aliphatic carbocycles. The molecule has 0 amide bonds. The van der Waals surface area contributed by atoms with Crippen LogP contribution < -0.4 is 14.8 Å². The number of methoxy groups -OCH3 is 2. The minimum absolute atomic E-state index is 0.323. The van der Waals surface area contributed by atoms with E-state index in [-0.39, 0.29) is 0 Å². The predicted molar refractivity (Wildman–Crippen MR) is 80.6 cm³/mol. The van der Waals surface area contributed by atoms with Gasteiger partial charge in [0.2, 0.25) is 0 Å². The van der Waals surface area contributed by atoms with Gasteiger partial charge in [0, 0.05) is 17.9 Å². The molecule has 1 saturated carbocycles. The number of fused-ring (bicyclic) bond motifs is 1. The number of piperidine rings is 1. The summed E-state index contributed by atoms with van der Waals surface area (Å²) < 4.78 is 10.7. The molecule has 0 spiro atoms. The third kappa shape index (κ3) is 2.62. The van der Waals surface area contributed by atoms with E-state index in [2.05, 4.69) is 17.4 Å². The molecular weight excluding hydrogens is 266 g/mol. The van der Waals surface area contributed by atoms with Crippen molar-refractivity contribution in [2.24, 2.45) is 5.92 Å². The first-order valence-corrected chi connectivity index (χ1v) is 7.95. The molecule has 4 nitrogen and oxygen atoms in total. The molecule has 1 saturated heterocycles. The van der Waals surface area contributed by atoms with E-state index >= 15 is 0 Å². The molecular formula is C17H26NO3+. The molecule has 3 rings (SSSR count). The number of quaternary nitrogens is 1. The highest BCUT2D eigenvalue weighted by molar-refractivity contribution is 5.43. The second kappa shape index (κ2) is 5.85. The van der Waals surface area contributed by atoms with Crippen LogP contribution in [0.1, 0.15) is 43.7 Å². The molecule has 1 heterocycles. The minimum atomic E-state index is -0.467. The van der Waals surface area contributed by atoms with E-state index in [1.165, 1.54) is 12.0 Å². The van der Waals surface area contributed by atoms with Gasteiger partial charge in [-0.05, 0) is 31.0 Å². The van der Waals surface area contributed by atoms with Crippen LogP contribution in [0.5, 0.6) is 11.5 Å².